The summed E-state index contributed by atoms with van der Waals surface area (Å²) in [4.78, 5) is 20.5. The van der Waals surface area contributed by atoms with Crippen molar-refractivity contribution in [2.45, 2.75) is 0 Å². The molecular weight excluding hydrogens is 673 g/mol. The number of nitrogens with zero attached hydrogens (tertiary/aromatic N) is 4. The van der Waals surface area contributed by atoms with Crippen LogP contribution in [-0.4, -0.2) is 19.9 Å². The Morgan fingerprint density at radius 3 is 1.67 bits per heavy atom. The highest BCUT2D eigenvalue weighted by molar-refractivity contribution is 7.26. The number of pyridine rings is 1. The van der Waals surface area contributed by atoms with E-state index < -0.39 is 0 Å². The van der Waals surface area contributed by atoms with Gasteiger partial charge in [-0.05, 0) is 42.5 Å². The van der Waals surface area contributed by atoms with E-state index in [2.05, 4.69) is 140 Å². The van der Waals surface area contributed by atoms with Crippen LogP contribution in [0.15, 0.2) is 158 Å². The van der Waals surface area contributed by atoms with Gasteiger partial charge in [-0.25, -0.2) is 19.9 Å². The molecule has 4 aromatic heterocycles. The fraction of sp³-hybridized carbons (Fsp3) is 0. The number of rotatable bonds is 4. The Balaban J connectivity index is 1.15. The summed E-state index contributed by atoms with van der Waals surface area (Å²) >= 11 is 3.62. The highest BCUT2D eigenvalue weighted by Gasteiger charge is 2.19. The van der Waals surface area contributed by atoms with Crippen molar-refractivity contribution in [3.05, 3.63) is 158 Å². The van der Waals surface area contributed by atoms with E-state index in [1.165, 1.54) is 45.7 Å². The molecule has 0 N–H and O–H groups in total. The lowest BCUT2D eigenvalue weighted by molar-refractivity contribution is 1.08. The van der Waals surface area contributed by atoms with E-state index in [4.69, 9.17) is 19.9 Å². The van der Waals surface area contributed by atoms with Gasteiger partial charge < -0.3 is 0 Å². The first-order valence-corrected chi connectivity index (χ1v) is 18.9. The number of thiophene rings is 2. The van der Waals surface area contributed by atoms with E-state index in [1.54, 1.807) is 11.3 Å². The van der Waals surface area contributed by atoms with Gasteiger partial charge in [-0.15, -0.1) is 22.7 Å². The summed E-state index contributed by atoms with van der Waals surface area (Å²) in [6, 6.07) is 55.5. The van der Waals surface area contributed by atoms with E-state index in [1.807, 2.05) is 29.5 Å². The molecule has 6 heteroatoms. The van der Waals surface area contributed by atoms with E-state index in [0.717, 1.165) is 44.2 Å². The van der Waals surface area contributed by atoms with Gasteiger partial charge in [0, 0.05) is 78.8 Å². The molecule has 242 valence electrons. The molecule has 0 aliphatic rings. The zero-order valence-corrected chi connectivity index (χ0v) is 29.2. The zero-order chi connectivity index (χ0) is 34.2. The zero-order valence-electron chi connectivity index (χ0n) is 27.6. The van der Waals surface area contributed by atoms with Crippen LogP contribution in [0.2, 0.25) is 0 Å². The molecule has 52 heavy (non-hydrogen) atoms. The lowest BCUT2D eigenvalue weighted by atomic mass is 9.96. The van der Waals surface area contributed by atoms with E-state index in [9.17, 15) is 0 Å². The quantitative estimate of drug-likeness (QED) is 0.172. The fourth-order valence-corrected chi connectivity index (χ4v) is 9.72. The maximum absolute atomic E-state index is 5.20. The Morgan fingerprint density at radius 1 is 0.308 bits per heavy atom. The average Bonchev–Trinajstić information content (AvgIpc) is 3.78. The first kappa shape index (κ1) is 29.4. The predicted octanol–water partition coefficient (Wildman–Crippen LogP) is 13.0. The van der Waals surface area contributed by atoms with Crippen molar-refractivity contribution < 1.29 is 0 Å². The molecule has 0 spiro atoms. The van der Waals surface area contributed by atoms with Gasteiger partial charge in [-0.1, -0.05) is 115 Å². The molecule has 7 aromatic carbocycles. The molecule has 0 unspecified atom stereocenters. The monoisotopic (exact) mass is 698 g/mol. The second kappa shape index (κ2) is 11.6. The topological polar surface area (TPSA) is 51.6 Å². The summed E-state index contributed by atoms with van der Waals surface area (Å²) in [5, 5.41) is 8.48. The van der Waals surface area contributed by atoms with Crippen LogP contribution >= 0.6 is 22.7 Å². The van der Waals surface area contributed by atoms with Gasteiger partial charge in [0.15, 0.2) is 17.5 Å². The second-order valence-electron chi connectivity index (χ2n) is 13.0. The number of benzene rings is 7. The minimum atomic E-state index is 0.651. The predicted molar refractivity (Wildman–Crippen MR) is 220 cm³/mol. The van der Waals surface area contributed by atoms with Crippen molar-refractivity contribution >= 4 is 84.7 Å². The third-order valence-corrected chi connectivity index (χ3v) is 12.2. The highest BCUT2D eigenvalue weighted by atomic mass is 32.1. The maximum atomic E-state index is 5.20. The Hall–Kier alpha value is -6.34. The number of aromatic nitrogens is 4. The molecule has 0 radical (unpaired) electrons. The lowest BCUT2D eigenvalue weighted by Crippen LogP contribution is -2.00. The van der Waals surface area contributed by atoms with E-state index in [-0.39, 0.29) is 0 Å². The first-order valence-electron chi connectivity index (χ1n) is 17.2. The van der Waals surface area contributed by atoms with Gasteiger partial charge in [0.1, 0.15) is 0 Å². The molecule has 4 heterocycles. The summed E-state index contributed by atoms with van der Waals surface area (Å²) in [6.07, 6.45) is 0. The van der Waals surface area contributed by atoms with Gasteiger partial charge in [-0.2, -0.15) is 0 Å². The number of hydrogen-bond donors (Lipinski definition) is 0. The van der Waals surface area contributed by atoms with Crippen LogP contribution in [0.1, 0.15) is 0 Å². The van der Waals surface area contributed by atoms with Crippen LogP contribution in [0.25, 0.3) is 107 Å². The van der Waals surface area contributed by atoms with Gasteiger partial charge >= 0.3 is 0 Å². The molecule has 0 aliphatic heterocycles. The van der Waals surface area contributed by atoms with Crippen molar-refractivity contribution in [1.29, 1.82) is 0 Å². The van der Waals surface area contributed by atoms with Crippen LogP contribution in [0.4, 0.5) is 0 Å². The van der Waals surface area contributed by atoms with Crippen molar-refractivity contribution in [3.8, 4) is 45.4 Å². The number of para-hydroxylation sites is 1. The molecule has 4 nitrogen and oxygen atoms in total. The number of fused-ring (bicyclic) bond motifs is 10. The Bertz CT molecular complexity index is 3180. The molecule has 11 rings (SSSR count). The van der Waals surface area contributed by atoms with Crippen LogP contribution in [0.5, 0.6) is 0 Å². The van der Waals surface area contributed by atoms with Crippen molar-refractivity contribution in [2.24, 2.45) is 0 Å². The molecule has 11 aromatic rings. The van der Waals surface area contributed by atoms with Crippen molar-refractivity contribution in [2.75, 3.05) is 0 Å². The summed E-state index contributed by atoms with van der Waals surface area (Å²) < 4.78 is 4.96. The van der Waals surface area contributed by atoms with Crippen molar-refractivity contribution in [1.82, 2.24) is 19.9 Å². The Morgan fingerprint density at radius 2 is 0.865 bits per heavy atom. The smallest absolute Gasteiger partial charge is 0.164 e. The molecule has 0 saturated heterocycles. The van der Waals surface area contributed by atoms with Gasteiger partial charge in [0.2, 0.25) is 0 Å². The lowest BCUT2D eigenvalue weighted by Gasteiger charge is -2.12. The molecule has 0 bridgehead atoms. The summed E-state index contributed by atoms with van der Waals surface area (Å²) in [5.41, 5.74) is 5.97. The van der Waals surface area contributed by atoms with Gasteiger partial charge in [-0.3, -0.25) is 0 Å². The summed E-state index contributed by atoms with van der Waals surface area (Å²) in [7, 11) is 0. The summed E-state index contributed by atoms with van der Waals surface area (Å²) in [5.74, 6) is 1.97. The third-order valence-electron chi connectivity index (χ3n) is 9.91. The molecule has 0 aliphatic carbocycles. The summed E-state index contributed by atoms with van der Waals surface area (Å²) in [6.45, 7) is 0. The first-order chi connectivity index (χ1) is 25.7. The van der Waals surface area contributed by atoms with Crippen LogP contribution in [0, 0.1) is 0 Å². The molecular formula is C46H26N4S2. The van der Waals surface area contributed by atoms with E-state index >= 15 is 0 Å². The van der Waals surface area contributed by atoms with Gasteiger partial charge in [0.05, 0.1) is 11.2 Å². The largest absolute Gasteiger partial charge is 0.247 e. The standard InChI is InChI=1S/C46H26N4S2/c1-3-11-27(12-4-1)43-34-22-24-39-42(41(34)33-16-7-9-17-36(33)47-43)35-25-29(20-23-38(35)51-39)45-48-44(28-13-5-2-6-14-28)49-46(50-45)30-19-21-32-31-15-8-10-18-37(31)52-40(32)26-30/h1-26H. The number of hydrogen-bond acceptors (Lipinski definition) is 6. The SMILES string of the molecule is c1ccc(-c2nc(-c3ccc4c(c3)sc3ccccc34)nc(-c3ccc4sc5ccc6c(-c7ccccc7)nc7ccccc7c6c5c4c3)n2)cc1. The second-order valence-corrected chi connectivity index (χ2v) is 15.2. The van der Waals surface area contributed by atoms with E-state index in [0.29, 0.717) is 17.5 Å². The fourth-order valence-electron chi connectivity index (χ4n) is 7.48. The molecule has 0 amide bonds. The molecule has 0 saturated carbocycles. The van der Waals surface area contributed by atoms with Crippen LogP contribution in [0.3, 0.4) is 0 Å². The average molecular weight is 699 g/mol. The normalized spacial score (nSPS) is 11.8. The Kier molecular flexibility index (Phi) is 6.56. The third kappa shape index (κ3) is 4.65. The highest BCUT2D eigenvalue weighted by Crippen LogP contribution is 2.44. The maximum Gasteiger partial charge on any atom is 0.164 e. The molecule has 0 fully saturated rings. The van der Waals surface area contributed by atoms with Crippen LogP contribution < -0.4 is 0 Å². The van der Waals surface area contributed by atoms with Crippen LogP contribution in [-0.2, 0) is 0 Å². The Labute approximate surface area is 306 Å². The minimum absolute atomic E-state index is 0.651. The molecule has 0 atom stereocenters. The van der Waals surface area contributed by atoms with Gasteiger partial charge in [0.25, 0.3) is 0 Å². The minimum Gasteiger partial charge on any atom is -0.247 e. The van der Waals surface area contributed by atoms with Crippen molar-refractivity contribution in [3.63, 3.8) is 0 Å².